The van der Waals surface area contributed by atoms with Gasteiger partial charge in [-0.2, -0.15) is 0 Å². The van der Waals surface area contributed by atoms with E-state index in [-0.39, 0.29) is 11.9 Å². The molecule has 0 aromatic heterocycles. The molecule has 2 rings (SSSR count). The van der Waals surface area contributed by atoms with E-state index in [9.17, 15) is 9.59 Å². The van der Waals surface area contributed by atoms with Gasteiger partial charge in [-0.1, -0.05) is 26.2 Å². The van der Waals surface area contributed by atoms with Gasteiger partial charge in [-0.3, -0.25) is 4.79 Å². The van der Waals surface area contributed by atoms with E-state index in [1.165, 1.54) is 13.5 Å². The molecule has 0 spiro atoms. The molecule has 0 heterocycles. The number of carbonyl (C=O) groups is 2. The third-order valence-electron chi connectivity index (χ3n) is 3.99. The van der Waals surface area contributed by atoms with Crippen LogP contribution in [0.25, 0.3) is 0 Å². The van der Waals surface area contributed by atoms with E-state index in [0.717, 1.165) is 32.1 Å². The van der Waals surface area contributed by atoms with Crippen LogP contribution < -0.4 is 9.47 Å². The molecule has 1 aliphatic rings. The summed E-state index contributed by atoms with van der Waals surface area (Å²) in [5.41, 5.74) is 0.382. The lowest BCUT2D eigenvalue weighted by atomic mass is 9.89. The van der Waals surface area contributed by atoms with E-state index in [1.54, 1.807) is 18.2 Å². The smallest absolute Gasteiger partial charge is 0.338 e. The Hall–Kier alpha value is -2.04. The number of carbonyl (C=O) groups excluding carboxylic acids is 2. The highest BCUT2D eigenvalue weighted by atomic mass is 16.6. The summed E-state index contributed by atoms with van der Waals surface area (Å²) in [5.74, 6) is 0.0393. The van der Waals surface area contributed by atoms with Crippen LogP contribution in [0.4, 0.5) is 0 Å². The highest BCUT2D eigenvalue weighted by molar-refractivity contribution is 5.90. The fraction of sp³-hybridized carbons (Fsp3) is 0.556. The second kappa shape index (κ2) is 8.56. The van der Waals surface area contributed by atoms with E-state index >= 15 is 0 Å². The average Bonchev–Trinajstić information content (AvgIpc) is 2.60. The fourth-order valence-electron chi connectivity index (χ4n) is 2.69. The Morgan fingerprint density at radius 1 is 1.13 bits per heavy atom. The molecule has 23 heavy (non-hydrogen) atoms. The molecular weight excluding hydrogens is 296 g/mol. The van der Waals surface area contributed by atoms with Gasteiger partial charge in [0, 0.05) is 0 Å². The molecule has 1 aromatic rings. The van der Waals surface area contributed by atoms with Crippen molar-refractivity contribution in [2.75, 3.05) is 13.7 Å². The molecule has 0 radical (unpaired) electrons. The molecule has 5 nitrogen and oxygen atoms in total. The number of hydrogen-bond acceptors (Lipinski definition) is 5. The Morgan fingerprint density at radius 3 is 2.52 bits per heavy atom. The Labute approximate surface area is 136 Å². The summed E-state index contributed by atoms with van der Waals surface area (Å²) in [6, 6.07) is 4.72. The van der Waals surface area contributed by atoms with Crippen LogP contribution in [-0.2, 0) is 9.53 Å². The summed E-state index contributed by atoms with van der Waals surface area (Å²) in [4.78, 5) is 24.1. The summed E-state index contributed by atoms with van der Waals surface area (Å²) in [6.45, 7) is 2.31. The quantitative estimate of drug-likeness (QED) is 0.590. The first kappa shape index (κ1) is 17.3. The normalized spacial score (nSPS) is 15.0. The second-order valence-electron chi connectivity index (χ2n) is 5.76. The first-order valence-corrected chi connectivity index (χ1v) is 8.22. The molecule has 0 bridgehead atoms. The third-order valence-corrected chi connectivity index (χ3v) is 3.99. The van der Waals surface area contributed by atoms with Crippen LogP contribution in [0.3, 0.4) is 0 Å². The highest BCUT2D eigenvalue weighted by Crippen LogP contribution is 2.31. The van der Waals surface area contributed by atoms with Gasteiger partial charge in [0.25, 0.3) is 0 Å². The molecule has 1 saturated carbocycles. The van der Waals surface area contributed by atoms with Crippen LogP contribution in [0.5, 0.6) is 11.5 Å². The van der Waals surface area contributed by atoms with Gasteiger partial charge in [-0.05, 0) is 37.5 Å². The van der Waals surface area contributed by atoms with E-state index in [4.69, 9.17) is 14.2 Å². The van der Waals surface area contributed by atoms with Crippen molar-refractivity contribution >= 4 is 11.9 Å². The van der Waals surface area contributed by atoms with Gasteiger partial charge in [-0.15, -0.1) is 0 Å². The molecule has 0 saturated heterocycles. The number of rotatable bonds is 6. The average molecular weight is 320 g/mol. The standard InChI is InChI=1S/C18H24O5/c1-3-11-22-17(19)14-9-10-15(16(12-14)21-2)23-18(20)13-7-5-4-6-8-13/h9-10,12-13H,3-8,11H2,1-2H3. The van der Waals surface area contributed by atoms with Gasteiger partial charge in [-0.25, -0.2) is 4.79 Å². The van der Waals surface area contributed by atoms with Crippen molar-refractivity contribution in [1.82, 2.24) is 0 Å². The van der Waals surface area contributed by atoms with E-state index in [1.807, 2.05) is 6.92 Å². The Morgan fingerprint density at radius 2 is 1.87 bits per heavy atom. The highest BCUT2D eigenvalue weighted by Gasteiger charge is 2.24. The van der Waals surface area contributed by atoms with Crippen molar-refractivity contribution in [3.8, 4) is 11.5 Å². The van der Waals surface area contributed by atoms with Gasteiger partial charge < -0.3 is 14.2 Å². The molecule has 1 aromatic carbocycles. The van der Waals surface area contributed by atoms with Crippen molar-refractivity contribution < 1.29 is 23.8 Å². The van der Waals surface area contributed by atoms with Gasteiger partial charge >= 0.3 is 11.9 Å². The SMILES string of the molecule is CCCOC(=O)c1ccc(OC(=O)C2CCCCC2)c(OC)c1. The van der Waals surface area contributed by atoms with Crippen LogP contribution >= 0.6 is 0 Å². The first-order chi connectivity index (χ1) is 11.2. The lowest BCUT2D eigenvalue weighted by Crippen LogP contribution is -2.23. The number of methoxy groups -OCH3 is 1. The Kier molecular flexibility index (Phi) is 6.44. The predicted molar refractivity (Wildman–Crippen MR) is 85.8 cm³/mol. The van der Waals surface area contributed by atoms with Crippen LogP contribution in [0.1, 0.15) is 55.8 Å². The maximum Gasteiger partial charge on any atom is 0.338 e. The van der Waals surface area contributed by atoms with Crippen molar-refractivity contribution in [2.24, 2.45) is 5.92 Å². The maximum atomic E-state index is 12.2. The van der Waals surface area contributed by atoms with Gasteiger partial charge in [0.1, 0.15) is 0 Å². The molecule has 0 amide bonds. The first-order valence-electron chi connectivity index (χ1n) is 8.22. The second-order valence-corrected chi connectivity index (χ2v) is 5.76. The zero-order valence-corrected chi connectivity index (χ0v) is 13.8. The monoisotopic (exact) mass is 320 g/mol. The zero-order chi connectivity index (χ0) is 16.7. The number of ether oxygens (including phenoxy) is 3. The van der Waals surface area contributed by atoms with E-state index in [2.05, 4.69) is 0 Å². The third kappa shape index (κ3) is 4.71. The maximum absolute atomic E-state index is 12.2. The lowest BCUT2D eigenvalue weighted by molar-refractivity contribution is -0.140. The van der Waals surface area contributed by atoms with Crippen molar-refractivity contribution in [3.05, 3.63) is 23.8 Å². The fourth-order valence-corrected chi connectivity index (χ4v) is 2.69. The van der Waals surface area contributed by atoms with Crippen molar-refractivity contribution in [3.63, 3.8) is 0 Å². The van der Waals surface area contributed by atoms with Crippen LogP contribution in [0, 0.1) is 5.92 Å². The molecule has 1 aliphatic carbocycles. The molecule has 1 fully saturated rings. The van der Waals surface area contributed by atoms with E-state index in [0.29, 0.717) is 23.7 Å². The minimum atomic E-state index is -0.407. The largest absolute Gasteiger partial charge is 0.493 e. The van der Waals surface area contributed by atoms with Gasteiger partial charge in [0.2, 0.25) is 0 Å². The summed E-state index contributed by atoms with van der Waals surface area (Å²) >= 11 is 0. The molecule has 0 aliphatic heterocycles. The van der Waals surface area contributed by atoms with Crippen molar-refractivity contribution in [1.29, 1.82) is 0 Å². The summed E-state index contributed by atoms with van der Waals surface area (Å²) < 4.78 is 15.8. The van der Waals surface area contributed by atoms with E-state index < -0.39 is 5.97 Å². The van der Waals surface area contributed by atoms with Gasteiger partial charge in [0.05, 0.1) is 25.2 Å². The summed E-state index contributed by atoms with van der Waals surface area (Å²) in [6.07, 6.45) is 5.84. The summed E-state index contributed by atoms with van der Waals surface area (Å²) in [5, 5.41) is 0. The topological polar surface area (TPSA) is 61.8 Å². The molecule has 126 valence electrons. The molecule has 0 unspecified atom stereocenters. The number of esters is 2. The molecule has 0 atom stereocenters. The molecule has 0 N–H and O–H groups in total. The lowest BCUT2D eigenvalue weighted by Gasteiger charge is -2.20. The summed E-state index contributed by atoms with van der Waals surface area (Å²) in [7, 11) is 1.48. The minimum Gasteiger partial charge on any atom is -0.493 e. The zero-order valence-electron chi connectivity index (χ0n) is 13.8. The van der Waals surface area contributed by atoms with Crippen LogP contribution in [0.2, 0.25) is 0 Å². The van der Waals surface area contributed by atoms with Crippen LogP contribution in [0.15, 0.2) is 18.2 Å². The number of benzene rings is 1. The van der Waals surface area contributed by atoms with Crippen molar-refractivity contribution in [2.45, 2.75) is 45.4 Å². The molecule has 5 heteroatoms. The molecular formula is C18H24O5. The Bertz CT molecular complexity index is 546. The Balaban J connectivity index is 2.06. The predicted octanol–water partition coefficient (Wildman–Crippen LogP) is 3.75. The minimum absolute atomic E-state index is 0.0392. The number of hydrogen-bond donors (Lipinski definition) is 0. The van der Waals surface area contributed by atoms with Crippen LogP contribution in [-0.4, -0.2) is 25.7 Å². The van der Waals surface area contributed by atoms with Gasteiger partial charge in [0.15, 0.2) is 11.5 Å².